The molecule has 3 rings (SSSR count). The van der Waals surface area contributed by atoms with Crippen LogP contribution in [0.5, 0.6) is 0 Å². The van der Waals surface area contributed by atoms with Crippen LogP contribution in [0.3, 0.4) is 0 Å². The molecule has 0 saturated heterocycles. The first-order valence-electron chi connectivity index (χ1n) is 8.95. The van der Waals surface area contributed by atoms with E-state index in [0.29, 0.717) is 37.1 Å². The van der Waals surface area contributed by atoms with E-state index < -0.39 is 0 Å². The molecule has 0 bridgehead atoms. The van der Waals surface area contributed by atoms with E-state index >= 15 is 0 Å². The molecule has 1 aromatic rings. The maximum atomic E-state index is 12.1. The van der Waals surface area contributed by atoms with Gasteiger partial charge in [0, 0.05) is 36.4 Å². The van der Waals surface area contributed by atoms with Crippen LogP contribution in [0.4, 0.5) is 0 Å². The fourth-order valence-electron chi connectivity index (χ4n) is 3.51. The van der Waals surface area contributed by atoms with Gasteiger partial charge in [-0.1, -0.05) is 18.2 Å². The second kappa shape index (κ2) is 7.31. The fraction of sp³-hybridized carbons (Fsp3) is 0.333. The summed E-state index contributed by atoms with van der Waals surface area (Å²) in [6.07, 6.45) is 3.80. The van der Waals surface area contributed by atoms with Crippen LogP contribution >= 0.6 is 0 Å². The Bertz CT molecular complexity index is 911. The van der Waals surface area contributed by atoms with Gasteiger partial charge in [0.2, 0.25) is 0 Å². The fourth-order valence-corrected chi connectivity index (χ4v) is 3.51. The number of amides is 4. The Labute approximate surface area is 158 Å². The predicted octanol–water partition coefficient (Wildman–Crippen LogP) is 1.71. The van der Waals surface area contributed by atoms with Crippen LogP contribution in [-0.4, -0.2) is 46.5 Å². The van der Waals surface area contributed by atoms with E-state index in [1.807, 2.05) is 25.1 Å². The standard InChI is InChI=1S/C21H22N2O4/c1-13-5-4-6-16(7-9-22-18(24)11-14(2)20(22)26)17(13)8-10-23-19(25)12-15(3)21(23)27/h4-6,11-12H,7-10H2,1-3H3. The molecule has 0 fully saturated rings. The lowest BCUT2D eigenvalue weighted by Gasteiger charge is -2.19. The first-order chi connectivity index (χ1) is 12.8. The summed E-state index contributed by atoms with van der Waals surface area (Å²) < 4.78 is 0. The third kappa shape index (κ3) is 3.60. The Morgan fingerprint density at radius 3 is 1.74 bits per heavy atom. The Hall–Kier alpha value is -3.02. The van der Waals surface area contributed by atoms with Crippen LogP contribution in [0, 0.1) is 6.92 Å². The van der Waals surface area contributed by atoms with Crippen LogP contribution in [-0.2, 0) is 32.0 Å². The summed E-state index contributed by atoms with van der Waals surface area (Å²) in [5.41, 5.74) is 4.04. The van der Waals surface area contributed by atoms with E-state index in [9.17, 15) is 19.2 Å². The second-order valence-electron chi connectivity index (χ2n) is 6.96. The highest BCUT2D eigenvalue weighted by Crippen LogP contribution is 2.20. The monoisotopic (exact) mass is 366 g/mol. The van der Waals surface area contributed by atoms with Crippen molar-refractivity contribution in [2.24, 2.45) is 0 Å². The molecule has 0 aromatic heterocycles. The van der Waals surface area contributed by atoms with Crippen LogP contribution in [0.25, 0.3) is 0 Å². The number of carbonyl (C=O) groups excluding carboxylic acids is 4. The molecule has 1 aromatic carbocycles. The summed E-state index contributed by atoms with van der Waals surface area (Å²) in [4.78, 5) is 50.5. The smallest absolute Gasteiger partial charge is 0.256 e. The molecule has 2 aliphatic heterocycles. The summed E-state index contributed by atoms with van der Waals surface area (Å²) in [5, 5.41) is 0. The molecule has 0 N–H and O–H groups in total. The number of hydrogen-bond donors (Lipinski definition) is 0. The zero-order valence-corrected chi connectivity index (χ0v) is 15.7. The van der Waals surface area contributed by atoms with Gasteiger partial charge in [0.1, 0.15) is 0 Å². The van der Waals surface area contributed by atoms with Gasteiger partial charge in [-0.05, 0) is 50.3 Å². The van der Waals surface area contributed by atoms with E-state index in [1.54, 1.807) is 13.8 Å². The number of imide groups is 2. The maximum absolute atomic E-state index is 12.1. The minimum absolute atomic E-state index is 0.245. The van der Waals surface area contributed by atoms with Crippen molar-refractivity contribution in [3.8, 4) is 0 Å². The van der Waals surface area contributed by atoms with Gasteiger partial charge in [-0.3, -0.25) is 29.0 Å². The Morgan fingerprint density at radius 2 is 1.26 bits per heavy atom. The Morgan fingerprint density at radius 1 is 0.741 bits per heavy atom. The Balaban J connectivity index is 1.70. The molecule has 0 radical (unpaired) electrons. The van der Waals surface area contributed by atoms with Crippen molar-refractivity contribution in [2.45, 2.75) is 33.6 Å². The number of hydrogen-bond acceptors (Lipinski definition) is 4. The van der Waals surface area contributed by atoms with Crippen LogP contribution in [0.15, 0.2) is 41.5 Å². The van der Waals surface area contributed by atoms with Crippen molar-refractivity contribution in [2.75, 3.05) is 13.1 Å². The van der Waals surface area contributed by atoms with Gasteiger partial charge in [-0.15, -0.1) is 0 Å². The molecule has 6 heteroatoms. The lowest BCUT2D eigenvalue weighted by Crippen LogP contribution is -2.34. The number of rotatable bonds is 6. The number of carbonyl (C=O) groups is 4. The molecule has 0 aliphatic carbocycles. The Kier molecular flexibility index (Phi) is 5.08. The predicted molar refractivity (Wildman–Crippen MR) is 99.5 cm³/mol. The zero-order chi connectivity index (χ0) is 19.7. The van der Waals surface area contributed by atoms with Crippen LogP contribution in [0.1, 0.15) is 30.5 Å². The van der Waals surface area contributed by atoms with Crippen LogP contribution < -0.4 is 0 Å². The first kappa shape index (κ1) is 18.8. The van der Waals surface area contributed by atoms with Gasteiger partial charge in [0.05, 0.1) is 0 Å². The van der Waals surface area contributed by atoms with Crippen molar-refractivity contribution < 1.29 is 19.2 Å². The SMILES string of the molecule is CC1=CC(=O)N(CCc2cccc(C)c2CCN2C(=O)C=C(C)C2=O)C1=O. The summed E-state index contributed by atoms with van der Waals surface area (Å²) in [6.45, 7) is 5.88. The lowest BCUT2D eigenvalue weighted by molar-refractivity contribution is -0.138. The average molecular weight is 366 g/mol. The third-order valence-electron chi connectivity index (χ3n) is 5.07. The molecule has 27 heavy (non-hydrogen) atoms. The molecule has 0 saturated carbocycles. The molecule has 2 heterocycles. The van der Waals surface area contributed by atoms with E-state index in [2.05, 4.69) is 0 Å². The normalized spacial score (nSPS) is 17.1. The van der Waals surface area contributed by atoms with E-state index in [4.69, 9.17) is 0 Å². The lowest BCUT2D eigenvalue weighted by atomic mass is 9.96. The van der Waals surface area contributed by atoms with Crippen LogP contribution in [0.2, 0.25) is 0 Å². The van der Waals surface area contributed by atoms with Crippen molar-refractivity contribution >= 4 is 23.6 Å². The topological polar surface area (TPSA) is 74.8 Å². The van der Waals surface area contributed by atoms with Gasteiger partial charge in [-0.25, -0.2) is 0 Å². The van der Waals surface area contributed by atoms with Gasteiger partial charge in [0.15, 0.2) is 0 Å². The minimum atomic E-state index is -0.276. The summed E-state index contributed by atoms with van der Waals surface area (Å²) in [6, 6.07) is 5.88. The quantitative estimate of drug-likeness (QED) is 0.719. The molecule has 0 atom stereocenters. The van der Waals surface area contributed by atoms with E-state index in [0.717, 1.165) is 16.7 Å². The molecule has 0 unspecified atom stereocenters. The van der Waals surface area contributed by atoms with Gasteiger partial charge in [0.25, 0.3) is 23.6 Å². The molecule has 6 nitrogen and oxygen atoms in total. The van der Waals surface area contributed by atoms with Gasteiger partial charge in [-0.2, -0.15) is 0 Å². The molecule has 2 aliphatic rings. The minimum Gasteiger partial charge on any atom is -0.275 e. The highest BCUT2D eigenvalue weighted by atomic mass is 16.2. The van der Waals surface area contributed by atoms with Crippen molar-refractivity contribution in [1.29, 1.82) is 0 Å². The highest BCUT2D eigenvalue weighted by Gasteiger charge is 2.29. The zero-order valence-electron chi connectivity index (χ0n) is 15.7. The molecular weight excluding hydrogens is 344 g/mol. The summed E-state index contributed by atoms with van der Waals surface area (Å²) in [5.74, 6) is -1.04. The van der Waals surface area contributed by atoms with E-state index in [-0.39, 0.29) is 23.6 Å². The molecule has 4 amide bonds. The highest BCUT2D eigenvalue weighted by molar-refractivity contribution is 6.16. The summed E-state index contributed by atoms with van der Waals surface area (Å²) in [7, 11) is 0. The van der Waals surface area contributed by atoms with E-state index in [1.165, 1.54) is 22.0 Å². The maximum Gasteiger partial charge on any atom is 0.256 e. The summed E-state index contributed by atoms with van der Waals surface area (Å²) >= 11 is 0. The number of benzene rings is 1. The average Bonchev–Trinajstić information content (AvgIpc) is 3.00. The van der Waals surface area contributed by atoms with Crippen molar-refractivity contribution in [3.63, 3.8) is 0 Å². The van der Waals surface area contributed by atoms with Gasteiger partial charge < -0.3 is 0 Å². The number of aryl methyl sites for hydroxylation is 1. The molecule has 0 spiro atoms. The van der Waals surface area contributed by atoms with Crippen molar-refractivity contribution in [1.82, 2.24) is 9.80 Å². The number of nitrogens with zero attached hydrogens (tertiary/aromatic N) is 2. The van der Waals surface area contributed by atoms with Crippen molar-refractivity contribution in [3.05, 3.63) is 58.2 Å². The largest absolute Gasteiger partial charge is 0.275 e. The van der Waals surface area contributed by atoms with Gasteiger partial charge >= 0.3 is 0 Å². The first-order valence-corrected chi connectivity index (χ1v) is 8.95. The molecule has 140 valence electrons. The second-order valence-corrected chi connectivity index (χ2v) is 6.96. The molecular formula is C21H22N2O4. The third-order valence-corrected chi connectivity index (χ3v) is 5.07.